The molecule has 2 aromatic rings. The van der Waals surface area contributed by atoms with Crippen LogP contribution in [0.15, 0.2) is 34.9 Å². The van der Waals surface area contributed by atoms with Crippen molar-refractivity contribution < 1.29 is 14.1 Å². The summed E-state index contributed by atoms with van der Waals surface area (Å²) in [7, 11) is 0. The van der Waals surface area contributed by atoms with E-state index in [2.05, 4.69) is 10.1 Å². The lowest BCUT2D eigenvalue weighted by molar-refractivity contribution is -0.149. The molecule has 0 bridgehead atoms. The Morgan fingerprint density at radius 1 is 1.30 bits per heavy atom. The molecular weight excluding hydrogens is 256 g/mol. The van der Waals surface area contributed by atoms with Crippen LogP contribution in [0.2, 0.25) is 0 Å². The molecular formula is C15H18N2O3. The fraction of sp³-hybridized carbons (Fsp3) is 0.400. The first-order valence-corrected chi connectivity index (χ1v) is 6.58. The predicted octanol–water partition coefficient (Wildman–Crippen LogP) is 2.50. The topological polar surface area (TPSA) is 65.2 Å². The summed E-state index contributed by atoms with van der Waals surface area (Å²) in [5.41, 5.74) is 0.159. The maximum atomic E-state index is 11.9. The third-order valence-electron chi connectivity index (χ3n) is 2.99. The first-order valence-electron chi connectivity index (χ1n) is 6.58. The van der Waals surface area contributed by atoms with Gasteiger partial charge in [0, 0.05) is 6.42 Å². The molecule has 5 heteroatoms. The minimum Gasteiger partial charge on any atom is -0.465 e. The second kappa shape index (κ2) is 5.86. The van der Waals surface area contributed by atoms with Crippen LogP contribution in [0.25, 0.3) is 0 Å². The Balaban J connectivity index is 2.14. The van der Waals surface area contributed by atoms with E-state index >= 15 is 0 Å². The average Bonchev–Trinajstić information content (AvgIpc) is 2.89. The Morgan fingerprint density at radius 2 is 2.00 bits per heavy atom. The largest absolute Gasteiger partial charge is 0.465 e. The van der Waals surface area contributed by atoms with E-state index in [1.807, 2.05) is 30.3 Å². The van der Waals surface area contributed by atoms with Gasteiger partial charge in [0.2, 0.25) is 5.89 Å². The molecule has 0 radical (unpaired) electrons. The van der Waals surface area contributed by atoms with Gasteiger partial charge in [0.05, 0.1) is 6.61 Å². The highest BCUT2D eigenvalue weighted by molar-refractivity contribution is 5.80. The summed E-state index contributed by atoms with van der Waals surface area (Å²) in [5, 5.41) is 3.93. The van der Waals surface area contributed by atoms with Crippen molar-refractivity contribution in [3.05, 3.63) is 47.6 Å². The minimum absolute atomic E-state index is 0.280. The third kappa shape index (κ3) is 3.04. The van der Waals surface area contributed by atoms with Gasteiger partial charge in [-0.2, -0.15) is 4.98 Å². The smallest absolute Gasteiger partial charge is 0.321 e. The van der Waals surface area contributed by atoms with E-state index in [1.165, 1.54) is 0 Å². The molecule has 1 aromatic heterocycles. The minimum atomic E-state index is -0.933. The Labute approximate surface area is 118 Å². The standard InChI is InChI=1S/C15H18N2O3/c1-4-19-14(18)15(2,3)13-16-12(17-20-13)10-11-8-6-5-7-9-11/h5-9H,4,10H2,1-3H3. The van der Waals surface area contributed by atoms with Crippen LogP contribution in [0.1, 0.15) is 38.0 Å². The summed E-state index contributed by atoms with van der Waals surface area (Å²) in [6, 6.07) is 9.85. The fourth-order valence-corrected chi connectivity index (χ4v) is 1.76. The van der Waals surface area contributed by atoms with Crippen molar-refractivity contribution >= 4 is 5.97 Å². The van der Waals surface area contributed by atoms with E-state index in [1.54, 1.807) is 20.8 Å². The fourth-order valence-electron chi connectivity index (χ4n) is 1.76. The zero-order valence-corrected chi connectivity index (χ0v) is 11.9. The Hall–Kier alpha value is -2.17. The van der Waals surface area contributed by atoms with E-state index in [-0.39, 0.29) is 11.9 Å². The lowest BCUT2D eigenvalue weighted by atomic mass is 9.94. The van der Waals surface area contributed by atoms with Crippen LogP contribution in [-0.4, -0.2) is 22.7 Å². The van der Waals surface area contributed by atoms with Crippen molar-refractivity contribution in [2.75, 3.05) is 6.61 Å². The number of hydrogen-bond donors (Lipinski definition) is 0. The molecule has 0 unspecified atom stereocenters. The molecule has 5 nitrogen and oxygen atoms in total. The van der Waals surface area contributed by atoms with Crippen LogP contribution in [0.3, 0.4) is 0 Å². The van der Waals surface area contributed by atoms with Crippen molar-refractivity contribution in [2.45, 2.75) is 32.6 Å². The molecule has 0 aliphatic carbocycles. The summed E-state index contributed by atoms with van der Waals surface area (Å²) in [5.74, 6) is 0.473. The first-order chi connectivity index (χ1) is 9.54. The maximum absolute atomic E-state index is 11.9. The molecule has 0 aliphatic rings. The van der Waals surface area contributed by atoms with Crippen molar-refractivity contribution in [3.8, 4) is 0 Å². The molecule has 1 aromatic carbocycles. The van der Waals surface area contributed by atoms with Gasteiger partial charge in [-0.25, -0.2) is 0 Å². The number of carbonyl (C=O) groups excluding carboxylic acids is 1. The number of aromatic nitrogens is 2. The van der Waals surface area contributed by atoms with Crippen LogP contribution in [0.4, 0.5) is 0 Å². The summed E-state index contributed by atoms with van der Waals surface area (Å²) < 4.78 is 10.2. The van der Waals surface area contributed by atoms with Crippen LogP contribution < -0.4 is 0 Å². The summed E-state index contributed by atoms with van der Waals surface area (Å²) in [6.45, 7) is 5.52. The summed E-state index contributed by atoms with van der Waals surface area (Å²) >= 11 is 0. The number of benzene rings is 1. The third-order valence-corrected chi connectivity index (χ3v) is 2.99. The number of esters is 1. The van der Waals surface area contributed by atoms with Gasteiger partial charge in [-0.1, -0.05) is 35.5 Å². The lowest BCUT2D eigenvalue weighted by Crippen LogP contribution is -2.31. The van der Waals surface area contributed by atoms with E-state index < -0.39 is 5.41 Å². The highest BCUT2D eigenvalue weighted by Crippen LogP contribution is 2.23. The monoisotopic (exact) mass is 274 g/mol. The number of ether oxygens (including phenoxy) is 1. The van der Waals surface area contributed by atoms with Crippen LogP contribution in [0.5, 0.6) is 0 Å². The van der Waals surface area contributed by atoms with E-state index in [0.717, 1.165) is 5.56 Å². The average molecular weight is 274 g/mol. The number of hydrogen-bond acceptors (Lipinski definition) is 5. The molecule has 0 spiro atoms. The molecule has 0 atom stereocenters. The molecule has 0 N–H and O–H groups in total. The highest BCUT2D eigenvalue weighted by atomic mass is 16.5. The molecule has 106 valence electrons. The van der Waals surface area contributed by atoms with Crippen molar-refractivity contribution in [2.24, 2.45) is 0 Å². The molecule has 0 fully saturated rings. The summed E-state index contributed by atoms with van der Waals surface area (Å²) in [6.07, 6.45) is 0.573. The normalized spacial score (nSPS) is 11.3. The second-order valence-electron chi connectivity index (χ2n) is 5.02. The molecule has 20 heavy (non-hydrogen) atoms. The van der Waals surface area contributed by atoms with Crippen LogP contribution in [0, 0.1) is 0 Å². The second-order valence-corrected chi connectivity index (χ2v) is 5.02. The quantitative estimate of drug-likeness (QED) is 0.784. The maximum Gasteiger partial charge on any atom is 0.321 e. The van der Waals surface area contributed by atoms with E-state index in [4.69, 9.17) is 9.26 Å². The Bertz CT molecular complexity index is 576. The SMILES string of the molecule is CCOC(=O)C(C)(C)c1nc(Cc2ccccc2)no1. The van der Waals surface area contributed by atoms with Crippen LogP contribution >= 0.6 is 0 Å². The van der Waals surface area contributed by atoms with Crippen molar-refractivity contribution in [1.82, 2.24) is 10.1 Å². The van der Waals surface area contributed by atoms with Gasteiger partial charge in [0.25, 0.3) is 0 Å². The number of nitrogens with zero attached hydrogens (tertiary/aromatic N) is 2. The Morgan fingerprint density at radius 3 is 2.65 bits per heavy atom. The first kappa shape index (κ1) is 14.2. The molecule has 0 aliphatic heterocycles. The van der Waals surface area contributed by atoms with Gasteiger partial charge < -0.3 is 9.26 Å². The highest BCUT2D eigenvalue weighted by Gasteiger charge is 2.37. The lowest BCUT2D eigenvalue weighted by Gasteiger charge is -2.16. The van der Waals surface area contributed by atoms with Gasteiger partial charge in [0.15, 0.2) is 5.82 Å². The van der Waals surface area contributed by atoms with Crippen LogP contribution in [-0.2, 0) is 21.4 Å². The van der Waals surface area contributed by atoms with E-state index in [0.29, 0.717) is 18.9 Å². The van der Waals surface area contributed by atoms with Gasteiger partial charge in [-0.05, 0) is 26.3 Å². The van der Waals surface area contributed by atoms with Gasteiger partial charge >= 0.3 is 5.97 Å². The molecule has 0 saturated heterocycles. The van der Waals surface area contributed by atoms with Crippen molar-refractivity contribution in [1.29, 1.82) is 0 Å². The molecule has 0 amide bonds. The van der Waals surface area contributed by atoms with Gasteiger partial charge in [-0.3, -0.25) is 4.79 Å². The molecule has 1 heterocycles. The number of rotatable bonds is 5. The molecule has 2 rings (SSSR count). The molecule has 0 saturated carbocycles. The predicted molar refractivity (Wildman–Crippen MR) is 73.2 cm³/mol. The number of carbonyl (C=O) groups is 1. The zero-order valence-electron chi connectivity index (χ0n) is 11.9. The van der Waals surface area contributed by atoms with Crippen molar-refractivity contribution in [3.63, 3.8) is 0 Å². The van der Waals surface area contributed by atoms with Gasteiger partial charge in [-0.15, -0.1) is 0 Å². The Kier molecular flexibility index (Phi) is 4.17. The summed E-state index contributed by atoms with van der Waals surface area (Å²) in [4.78, 5) is 16.2. The van der Waals surface area contributed by atoms with Gasteiger partial charge in [0.1, 0.15) is 5.41 Å². The van der Waals surface area contributed by atoms with E-state index in [9.17, 15) is 4.79 Å². The zero-order chi connectivity index (χ0) is 14.6.